The molecule has 28 rings (SSSR count). The summed E-state index contributed by atoms with van der Waals surface area (Å²) in [6.07, 6.45) is 29.8. The quantitative estimate of drug-likeness (QED) is 0.0611. The van der Waals surface area contributed by atoms with E-state index in [4.69, 9.17) is 25.0 Å². The van der Waals surface area contributed by atoms with E-state index in [-0.39, 0.29) is 115 Å². The van der Waals surface area contributed by atoms with Crippen LogP contribution >= 0.6 is 0 Å². The third-order valence-electron chi connectivity index (χ3n) is 29.9. The summed E-state index contributed by atoms with van der Waals surface area (Å²) in [6.45, 7) is 21.4. The molecular formula is C129H130Ir4N6O4-6. The molecule has 0 unspecified atom stereocenters. The second kappa shape index (κ2) is 51.8. The van der Waals surface area contributed by atoms with E-state index >= 15 is 0 Å². The van der Waals surface area contributed by atoms with Gasteiger partial charge in [0, 0.05) is 138 Å². The smallest absolute Gasteiger partial charge is 0.162 e. The van der Waals surface area contributed by atoms with Crippen LogP contribution < -0.4 is 0 Å². The molecule has 742 valence electrons. The number of nitrogens with zero attached hydrogens (tertiary/aromatic N) is 6. The number of rotatable bonds is 14. The Morgan fingerprint density at radius 1 is 0.322 bits per heavy atom. The Morgan fingerprint density at radius 2 is 0.622 bits per heavy atom. The van der Waals surface area contributed by atoms with Crippen LogP contribution in [0.25, 0.3) is 111 Å². The molecule has 10 nitrogen and oxygen atoms in total. The molecule has 0 spiro atoms. The zero-order chi connectivity index (χ0) is 96.6. The first-order valence-corrected chi connectivity index (χ1v) is 51.0. The Hall–Kier alpha value is -10.8. The Labute approximate surface area is 902 Å². The van der Waals surface area contributed by atoms with Gasteiger partial charge in [-0.2, -0.15) is 0 Å². The molecule has 2 N–H and O–H groups in total. The molecule has 12 aliphatic carbocycles. The van der Waals surface area contributed by atoms with Gasteiger partial charge in [-0.3, -0.25) is 29.5 Å². The molecule has 6 heterocycles. The third kappa shape index (κ3) is 26.5. The SMILES string of the molecule is CC(=O)C=C(C)O.CCC(CC)C(=O)C=C(O)C(CC)CC.Cc1[c-]c(-c2ccc3c4c(ccc3n2)C2CCC4CC2)cc(C)c1.Cc1[c-]c(-c2ccc3c4c(ccc3n2)C2CCC4CC2)cc(C)c1.Cc1cccc(-c2[c-]cccc2)n1.[Ir].[Ir].[Ir].[Ir].[c-]1ccccc1-c1ccc2c3c(ccc2n1)C1CCC3CC1.[c-]1ccccc1-c1ccc2c3c(ccc2n1)C1CCC3CC1.[c-]1ccccc1-c1ccccn1. The maximum atomic E-state index is 11.7. The van der Waals surface area contributed by atoms with Crippen molar-refractivity contribution < 1.29 is 100 Å². The molecule has 12 aliphatic rings. The van der Waals surface area contributed by atoms with E-state index in [0.29, 0.717) is 0 Å². The number of aryl methyl sites for hydroxylation is 5. The van der Waals surface area contributed by atoms with Crippen LogP contribution in [0.1, 0.15) is 290 Å². The molecule has 8 bridgehead atoms. The van der Waals surface area contributed by atoms with Crippen LogP contribution in [0, 0.1) is 82.9 Å². The number of pyridine rings is 6. The fourth-order valence-corrected chi connectivity index (χ4v) is 23.2. The van der Waals surface area contributed by atoms with Gasteiger partial charge < -0.3 is 20.2 Å². The van der Waals surface area contributed by atoms with E-state index in [2.05, 4.69) is 208 Å². The van der Waals surface area contributed by atoms with E-state index < -0.39 is 0 Å². The number of hydrogen-bond donors (Lipinski definition) is 2. The van der Waals surface area contributed by atoms with Crippen molar-refractivity contribution in [2.45, 2.75) is 252 Å². The molecule has 10 aromatic carbocycles. The van der Waals surface area contributed by atoms with Crippen molar-refractivity contribution in [3.05, 3.63) is 394 Å². The molecule has 6 aromatic heterocycles. The van der Waals surface area contributed by atoms with Gasteiger partial charge in [0.15, 0.2) is 11.6 Å². The number of allylic oxidation sites excluding steroid dienone is 4. The fourth-order valence-electron chi connectivity index (χ4n) is 23.2. The first kappa shape index (κ1) is 109. The van der Waals surface area contributed by atoms with Gasteiger partial charge in [-0.05, 0) is 312 Å². The normalized spacial score (nSPS) is 17.9. The predicted octanol–water partition coefficient (Wildman–Crippen LogP) is 33.4. The minimum Gasteiger partial charge on any atom is -0.512 e. The Balaban J connectivity index is 0.000000140. The first-order valence-electron chi connectivity index (χ1n) is 51.0. The van der Waals surface area contributed by atoms with E-state index in [9.17, 15) is 14.7 Å². The monoisotopic (exact) mass is 2600 g/mol. The molecule has 143 heavy (non-hydrogen) atoms. The Morgan fingerprint density at radius 3 is 0.895 bits per heavy atom. The van der Waals surface area contributed by atoms with Gasteiger partial charge in [0.1, 0.15) is 0 Å². The van der Waals surface area contributed by atoms with E-state index in [1.807, 2.05) is 156 Å². The molecule has 0 amide bonds. The summed E-state index contributed by atoms with van der Waals surface area (Å²) in [6, 6.07) is 108. The van der Waals surface area contributed by atoms with E-state index in [0.717, 1.165) is 168 Å². The van der Waals surface area contributed by atoms with Crippen molar-refractivity contribution >= 4 is 55.2 Å². The van der Waals surface area contributed by atoms with Crippen molar-refractivity contribution in [1.29, 1.82) is 0 Å². The zero-order valence-corrected chi connectivity index (χ0v) is 93.7. The minimum atomic E-state index is -0.125. The van der Waals surface area contributed by atoms with Crippen LogP contribution in [0.15, 0.2) is 285 Å². The predicted molar refractivity (Wildman–Crippen MR) is 571 cm³/mol. The molecule has 16 aromatic rings. The first-order chi connectivity index (χ1) is 67.7. The molecular weight excluding hydrogens is 2470 g/mol. The van der Waals surface area contributed by atoms with Crippen molar-refractivity contribution in [1.82, 2.24) is 29.9 Å². The van der Waals surface area contributed by atoms with Crippen LogP contribution in [0.4, 0.5) is 0 Å². The number of carbonyl (C=O) groups excluding carboxylic acids is 2. The largest absolute Gasteiger partial charge is 0.512 e. The van der Waals surface area contributed by atoms with Crippen LogP contribution in [0.3, 0.4) is 0 Å². The van der Waals surface area contributed by atoms with Gasteiger partial charge in [-0.25, -0.2) is 0 Å². The molecule has 14 heteroatoms. The van der Waals surface area contributed by atoms with Crippen molar-refractivity contribution in [3.63, 3.8) is 0 Å². The van der Waals surface area contributed by atoms with Crippen molar-refractivity contribution in [2.24, 2.45) is 11.8 Å². The van der Waals surface area contributed by atoms with Crippen LogP contribution in [-0.2, 0) is 90.0 Å². The van der Waals surface area contributed by atoms with Crippen LogP contribution in [-0.4, -0.2) is 51.7 Å². The number of aliphatic hydroxyl groups is 2. The third-order valence-corrected chi connectivity index (χ3v) is 29.9. The van der Waals surface area contributed by atoms with Gasteiger partial charge in [0.05, 0.1) is 33.6 Å². The summed E-state index contributed by atoms with van der Waals surface area (Å²) < 4.78 is 0. The number of aliphatic hydroxyl groups excluding tert-OH is 2. The standard InChI is InChI=1S/2C23H22N.2C21H18N.C13H24O2.C12H10N.C11H8N.C5H8O2.4Ir/c2*1-14-11-15(2)13-18(12-14)21-9-8-20-22(24-21)10-7-19-16-3-5-17(6-4-16)23(19)20;2*1-2-4-15(5-3-1)19-12-11-18-20(22-19)13-10-17-14-6-8-16(9-7-14)21(17)18;1-5-10(6-2)12(14)9-13(15)11(7-3)8-4;1-10-6-5-9-12(13-10)11-7-3-2-4-8-11;1-2-6-10(7-3-1)11-8-4-5-9-12-11;1-4(6)3-5(2)7;;;;/h2*7-12,16-17H,3-6H2,1-2H3;2*1-4,10-14,16H,6-9H2;9-11,14H,5-8H2,1-4H3;2-7,9H,1H3;1-6,8-9H;3,6H,1-2H3;;;;/q4*-1;;2*-1;;;;;. The summed E-state index contributed by atoms with van der Waals surface area (Å²) in [4.78, 5) is 50.2. The Bertz CT molecular complexity index is 6650. The maximum Gasteiger partial charge on any atom is 0.162 e. The van der Waals surface area contributed by atoms with Crippen LogP contribution in [0.2, 0.25) is 0 Å². The number of ketones is 2. The van der Waals surface area contributed by atoms with Gasteiger partial charge in [-0.15, -0.1) is 213 Å². The maximum absolute atomic E-state index is 11.7. The summed E-state index contributed by atoms with van der Waals surface area (Å²) in [7, 11) is 0. The van der Waals surface area contributed by atoms with Crippen LogP contribution in [0.5, 0.6) is 0 Å². The summed E-state index contributed by atoms with van der Waals surface area (Å²) >= 11 is 0. The molecule has 0 atom stereocenters. The fraction of sp³-hybridized carbons (Fsp3) is 0.318. The van der Waals surface area contributed by atoms with Crippen molar-refractivity contribution in [2.75, 3.05) is 0 Å². The number of fused-ring (bicyclic) bond motifs is 12. The minimum absolute atomic E-state index is 0. The van der Waals surface area contributed by atoms with Gasteiger partial charge in [0.2, 0.25) is 0 Å². The second-order valence-electron chi connectivity index (χ2n) is 39.4. The summed E-state index contributed by atoms with van der Waals surface area (Å²) in [5.74, 6) is 6.71. The van der Waals surface area contributed by atoms with Gasteiger partial charge in [0.25, 0.3) is 0 Å². The van der Waals surface area contributed by atoms with Gasteiger partial charge in [-0.1, -0.05) is 152 Å². The Kier molecular flexibility index (Phi) is 39.6. The van der Waals surface area contributed by atoms with Gasteiger partial charge >= 0.3 is 0 Å². The topological polar surface area (TPSA) is 152 Å². The van der Waals surface area contributed by atoms with E-state index in [1.165, 1.54) is 173 Å². The molecule has 0 aliphatic heterocycles. The molecule has 4 fully saturated rings. The molecule has 4 saturated carbocycles. The number of carbonyl (C=O) groups is 2. The average molecular weight is 2600 g/mol. The number of hydrogen-bond acceptors (Lipinski definition) is 10. The van der Waals surface area contributed by atoms with E-state index in [1.54, 1.807) is 50.7 Å². The zero-order valence-electron chi connectivity index (χ0n) is 84.1. The molecule has 0 saturated heterocycles. The molecule has 4 radical (unpaired) electrons. The average Bonchev–Trinajstić information content (AvgIpc) is 0.759. The number of benzene rings is 10. The number of aromatic nitrogens is 6. The summed E-state index contributed by atoms with van der Waals surface area (Å²) in [5.41, 5.74) is 35.9. The second-order valence-corrected chi connectivity index (χ2v) is 39.4. The summed E-state index contributed by atoms with van der Waals surface area (Å²) in [5, 5.41) is 23.7. The van der Waals surface area contributed by atoms with Crippen molar-refractivity contribution in [3.8, 4) is 67.5 Å².